The lowest BCUT2D eigenvalue weighted by Gasteiger charge is -2.23. The highest BCUT2D eigenvalue weighted by Crippen LogP contribution is 2.45. The van der Waals surface area contributed by atoms with Crippen molar-refractivity contribution in [1.82, 2.24) is 5.01 Å². The molecular formula is C30H23F2N3O4S. The van der Waals surface area contributed by atoms with Crippen LogP contribution in [0.4, 0.5) is 8.78 Å². The summed E-state index contributed by atoms with van der Waals surface area (Å²) >= 11 is 1.28. The van der Waals surface area contributed by atoms with Gasteiger partial charge in [-0.3, -0.25) is 9.59 Å². The fourth-order valence-corrected chi connectivity index (χ4v) is 5.30. The van der Waals surface area contributed by atoms with Crippen molar-refractivity contribution in [1.29, 1.82) is 0 Å². The minimum absolute atomic E-state index is 0.0125. The van der Waals surface area contributed by atoms with Crippen LogP contribution >= 0.6 is 11.8 Å². The van der Waals surface area contributed by atoms with Gasteiger partial charge in [-0.25, -0.2) is 13.8 Å². The summed E-state index contributed by atoms with van der Waals surface area (Å²) in [7, 11) is 1.34. The van der Waals surface area contributed by atoms with Gasteiger partial charge in [0.25, 0.3) is 5.91 Å². The number of ether oxygens (including phenoxy) is 2. The summed E-state index contributed by atoms with van der Waals surface area (Å²) in [6, 6.07) is 23.7. The second-order valence-electron chi connectivity index (χ2n) is 8.77. The van der Waals surface area contributed by atoms with Gasteiger partial charge in [0.2, 0.25) is 5.91 Å². The van der Waals surface area contributed by atoms with Crippen LogP contribution in [0, 0.1) is 11.6 Å². The molecule has 4 aromatic carbocycles. The Morgan fingerprint density at radius 3 is 2.42 bits per heavy atom. The molecule has 1 heterocycles. The molecule has 2 N–H and O–H groups in total. The van der Waals surface area contributed by atoms with Gasteiger partial charge in [-0.15, -0.1) is 0 Å². The summed E-state index contributed by atoms with van der Waals surface area (Å²) in [4.78, 5) is 25.2. The molecule has 40 heavy (non-hydrogen) atoms. The van der Waals surface area contributed by atoms with Crippen LogP contribution in [0.2, 0.25) is 0 Å². The van der Waals surface area contributed by atoms with E-state index < -0.39 is 28.8 Å². The highest BCUT2D eigenvalue weighted by atomic mass is 32.2. The Morgan fingerprint density at radius 1 is 0.925 bits per heavy atom. The maximum Gasteiger partial charge on any atom is 0.275 e. The molecule has 2 amide bonds. The molecule has 10 heteroatoms. The van der Waals surface area contributed by atoms with Gasteiger partial charge in [-0.05, 0) is 66.2 Å². The van der Waals surface area contributed by atoms with Crippen molar-refractivity contribution in [3.05, 3.63) is 130 Å². The van der Waals surface area contributed by atoms with Crippen molar-refractivity contribution in [2.24, 2.45) is 10.8 Å². The van der Waals surface area contributed by atoms with Crippen molar-refractivity contribution in [3.8, 4) is 11.5 Å². The number of para-hydroxylation sites is 1. The third-order valence-corrected chi connectivity index (χ3v) is 7.35. The van der Waals surface area contributed by atoms with E-state index in [9.17, 15) is 18.4 Å². The first kappa shape index (κ1) is 26.9. The molecule has 1 aliphatic heterocycles. The maximum atomic E-state index is 14.5. The number of nitrogens with two attached hydrogens (primary N) is 1. The predicted molar refractivity (Wildman–Crippen MR) is 148 cm³/mol. The second-order valence-corrected chi connectivity index (χ2v) is 9.84. The molecule has 7 nitrogen and oxygen atoms in total. The number of amides is 2. The van der Waals surface area contributed by atoms with Gasteiger partial charge in [0.1, 0.15) is 28.6 Å². The van der Waals surface area contributed by atoms with Gasteiger partial charge in [0.15, 0.2) is 11.6 Å². The number of benzene rings is 4. The molecule has 1 atom stereocenters. The normalized spacial score (nSPS) is 14.5. The molecule has 0 aromatic heterocycles. The largest absolute Gasteiger partial charge is 0.494 e. The maximum absolute atomic E-state index is 14.5. The first-order valence-electron chi connectivity index (χ1n) is 12.1. The van der Waals surface area contributed by atoms with Crippen molar-refractivity contribution < 1.29 is 27.8 Å². The SMILES string of the molecule is COc1ccc(C(=O)N2N=C(c3ccc(F)cc3)SC2c2ccccc2OCc2cccc(C(N)=O)c2)cc1F. The zero-order valence-electron chi connectivity index (χ0n) is 21.2. The van der Waals surface area contributed by atoms with Gasteiger partial charge < -0.3 is 15.2 Å². The topological polar surface area (TPSA) is 94.2 Å². The first-order valence-corrected chi connectivity index (χ1v) is 13.0. The highest BCUT2D eigenvalue weighted by Gasteiger charge is 2.36. The van der Waals surface area contributed by atoms with E-state index in [1.807, 2.05) is 18.2 Å². The molecule has 0 saturated heterocycles. The summed E-state index contributed by atoms with van der Waals surface area (Å²) in [5.41, 5.74) is 7.83. The predicted octanol–water partition coefficient (Wildman–Crippen LogP) is 5.90. The summed E-state index contributed by atoms with van der Waals surface area (Å²) in [5, 5.41) is 5.64. The number of hydrogen-bond acceptors (Lipinski definition) is 6. The van der Waals surface area contributed by atoms with Crippen LogP contribution in [0.3, 0.4) is 0 Å². The smallest absolute Gasteiger partial charge is 0.275 e. The molecule has 0 fully saturated rings. The van der Waals surface area contributed by atoms with Crippen LogP contribution in [0.15, 0.2) is 96.1 Å². The van der Waals surface area contributed by atoms with E-state index in [1.165, 1.54) is 48.1 Å². The molecule has 202 valence electrons. The van der Waals surface area contributed by atoms with Crippen molar-refractivity contribution >= 4 is 28.6 Å². The third-order valence-electron chi connectivity index (χ3n) is 6.13. The molecule has 0 radical (unpaired) electrons. The first-order chi connectivity index (χ1) is 19.3. The molecule has 0 bridgehead atoms. The molecule has 0 spiro atoms. The van der Waals surface area contributed by atoms with Gasteiger partial charge in [0, 0.05) is 22.3 Å². The van der Waals surface area contributed by atoms with Crippen LogP contribution in [0.25, 0.3) is 0 Å². The van der Waals surface area contributed by atoms with Gasteiger partial charge in [0.05, 0.1) is 7.11 Å². The fraction of sp³-hybridized carbons (Fsp3) is 0.100. The van der Waals surface area contributed by atoms with E-state index in [2.05, 4.69) is 5.10 Å². The van der Waals surface area contributed by atoms with E-state index in [0.717, 1.165) is 11.6 Å². The fourth-order valence-electron chi connectivity index (χ4n) is 4.12. The Hall–Kier alpha value is -4.70. The average Bonchev–Trinajstić information content (AvgIpc) is 3.41. The average molecular weight is 560 g/mol. The Balaban J connectivity index is 1.49. The number of halogens is 2. The summed E-state index contributed by atoms with van der Waals surface area (Å²) in [6.07, 6.45) is 0. The van der Waals surface area contributed by atoms with Crippen LogP contribution < -0.4 is 15.2 Å². The lowest BCUT2D eigenvalue weighted by atomic mass is 10.1. The lowest BCUT2D eigenvalue weighted by Crippen LogP contribution is -2.26. The van der Waals surface area contributed by atoms with Gasteiger partial charge in [-0.2, -0.15) is 5.10 Å². The Labute approximate surface area is 233 Å². The molecule has 4 aromatic rings. The quantitative estimate of drug-likeness (QED) is 0.290. The second kappa shape index (κ2) is 11.6. The zero-order chi connectivity index (χ0) is 28.2. The molecule has 0 aliphatic carbocycles. The van der Waals surface area contributed by atoms with Crippen molar-refractivity contribution in [3.63, 3.8) is 0 Å². The van der Waals surface area contributed by atoms with Crippen LogP contribution in [0.1, 0.15) is 42.8 Å². The number of rotatable bonds is 8. The zero-order valence-corrected chi connectivity index (χ0v) is 22.0. The number of hydrogen-bond donors (Lipinski definition) is 1. The lowest BCUT2D eigenvalue weighted by molar-refractivity contribution is 0.0746. The summed E-state index contributed by atoms with van der Waals surface area (Å²) in [5.74, 6) is -1.66. The van der Waals surface area contributed by atoms with Crippen LogP contribution in [0.5, 0.6) is 11.5 Å². The van der Waals surface area contributed by atoms with Crippen molar-refractivity contribution in [2.75, 3.05) is 7.11 Å². The molecule has 5 rings (SSSR count). The third kappa shape index (κ3) is 5.67. The van der Waals surface area contributed by atoms with E-state index >= 15 is 0 Å². The van der Waals surface area contributed by atoms with Crippen LogP contribution in [-0.4, -0.2) is 29.0 Å². The summed E-state index contributed by atoms with van der Waals surface area (Å²) < 4.78 is 39.2. The van der Waals surface area contributed by atoms with E-state index in [4.69, 9.17) is 15.2 Å². The van der Waals surface area contributed by atoms with Gasteiger partial charge in [-0.1, -0.05) is 42.1 Å². The molecule has 1 unspecified atom stereocenters. The number of hydrazone groups is 1. The van der Waals surface area contributed by atoms with E-state index in [1.54, 1.807) is 42.5 Å². The number of carbonyl (C=O) groups excluding carboxylic acids is 2. The Morgan fingerprint density at radius 2 is 1.70 bits per heavy atom. The molecule has 0 saturated carbocycles. The van der Waals surface area contributed by atoms with E-state index in [-0.39, 0.29) is 17.9 Å². The van der Waals surface area contributed by atoms with E-state index in [0.29, 0.717) is 27.5 Å². The minimum Gasteiger partial charge on any atom is -0.494 e. The van der Waals surface area contributed by atoms with Crippen LogP contribution in [-0.2, 0) is 6.61 Å². The molecular weight excluding hydrogens is 536 g/mol. The van der Waals surface area contributed by atoms with Gasteiger partial charge >= 0.3 is 0 Å². The number of carbonyl (C=O) groups is 2. The minimum atomic E-state index is -0.679. The number of thioether (sulfide) groups is 1. The monoisotopic (exact) mass is 559 g/mol. The standard InChI is InChI=1S/C30H23F2N3O4S/c1-38-26-14-11-21(16-24(26)32)29(37)35-30(40-28(34-35)19-9-12-22(31)13-10-19)23-7-2-3-8-25(23)39-17-18-5-4-6-20(15-18)27(33)36/h2-16,30H,17H2,1H3,(H2,33,36). The molecule has 1 aliphatic rings. The Bertz CT molecular complexity index is 1610. The number of methoxy groups -OCH3 is 1. The highest BCUT2D eigenvalue weighted by molar-refractivity contribution is 8.14. The van der Waals surface area contributed by atoms with Crippen molar-refractivity contribution in [2.45, 2.75) is 12.0 Å². The summed E-state index contributed by atoms with van der Waals surface area (Å²) in [6.45, 7) is 0.138. The number of nitrogens with zero attached hydrogens (tertiary/aromatic N) is 2. The number of primary amides is 1. The Kier molecular flexibility index (Phi) is 7.79.